The first-order chi connectivity index (χ1) is 10.7. The Bertz CT molecular complexity index is 1060. The van der Waals surface area contributed by atoms with Crippen LogP contribution in [0, 0.1) is 10.1 Å². The Hall–Kier alpha value is -3.08. The average molecular weight is 291 g/mol. The average Bonchev–Trinajstić information content (AvgIpc) is 2.91. The molecule has 0 radical (unpaired) electrons. The largest absolute Gasteiger partial charge is 0.805 e. The molecule has 5 heteroatoms. The van der Waals surface area contributed by atoms with Gasteiger partial charge in [0.1, 0.15) is 16.7 Å². The normalized spacial score (nSPS) is 11.3. The zero-order chi connectivity index (χ0) is 15.3. The van der Waals surface area contributed by atoms with E-state index < -0.39 is 0 Å². The zero-order valence-electron chi connectivity index (χ0n) is 11.9. The quantitative estimate of drug-likeness (QED) is 0.506. The van der Waals surface area contributed by atoms with Gasteiger partial charge in [0.25, 0.3) is 5.52 Å². The molecule has 0 bridgehead atoms. The van der Waals surface area contributed by atoms with Crippen LogP contribution in [-0.4, -0.2) is 9.30 Å². The number of fused-ring (bicyclic) bond motifs is 2. The zero-order valence-corrected chi connectivity index (χ0v) is 11.9. The van der Waals surface area contributed by atoms with Crippen LogP contribution in [0.2, 0.25) is 0 Å². The van der Waals surface area contributed by atoms with Crippen molar-refractivity contribution in [3.63, 3.8) is 0 Å². The highest BCUT2D eigenvalue weighted by atomic mass is 16.5. The first-order valence-corrected chi connectivity index (χ1v) is 6.97. The van der Waals surface area contributed by atoms with E-state index in [4.69, 9.17) is 0 Å². The summed E-state index contributed by atoms with van der Waals surface area (Å²) >= 11 is 0. The lowest BCUT2D eigenvalue weighted by Crippen LogP contribution is -2.19. The highest BCUT2D eigenvalue weighted by molar-refractivity contribution is 5.92. The number of para-hydroxylation sites is 2. The summed E-state index contributed by atoms with van der Waals surface area (Å²) in [6, 6.07) is 16.4. The van der Waals surface area contributed by atoms with Crippen molar-refractivity contribution < 1.29 is 4.43 Å². The maximum absolute atomic E-state index is 12.8. The van der Waals surface area contributed by atoms with Gasteiger partial charge in [-0.25, -0.2) is 0 Å². The van der Waals surface area contributed by atoms with Crippen LogP contribution < -0.4 is 4.43 Å². The van der Waals surface area contributed by atoms with Crippen molar-refractivity contribution >= 4 is 22.1 Å². The van der Waals surface area contributed by atoms with E-state index in [1.807, 2.05) is 41.9 Å². The highest BCUT2D eigenvalue weighted by Crippen LogP contribution is 2.28. The van der Waals surface area contributed by atoms with Crippen molar-refractivity contribution in [1.29, 1.82) is 0 Å². The second kappa shape index (κ2) is 4.46. The first-order valence-electron chi connectivity index (χ1n) is 6.97. The minimum absolute atomic E-state index is 0.369. The van der Waals surface area contributed by atoms with E-state index in [9.17, 15) is 10.1 Å². The van der Waals surface area contributed by atoms with Gasteiger partial charge in [0.2, 0.25) is 0 Å². The molecule has 0 saturated carbocycles. The minimum Gasteiger partial charge on any atom is -0.805 e. The van der Waals surface area contributed by atoms with E-state index in [2.05, 4.69) is 0 Å². The van der Waals surface area contributed by atoms with Gasteiger partial charge in [-0.3, -0.25) is 0 Å². The van der Waals surface area contributed by atoms with Crippen molar-refractivity contribution in [3.05, 3.63) is 70.9 Å². The number of hydrogen-bond acceptors (Lipinski definition) is 2. The Morgan fingerprint density at radius 1 is 0.955 bits per heavy atom. The predicted octanol–water partition coefficient (Wildman–Crippen LogP) is 3.06. The van der Waals surface area contributed by atoms with Crippen LogP contribution in [-0.2, 0) is 7.05 Å². The molecule has 0 spiro atoms. The molecule has 2 aromatic heterocycles. The second-order valence-electron chi connectivity index (χ2n) is 5.27. The molecule has 4 aromatic rings. The van der Waals surface area contributed by atoms with Gasteiger partial charge in [-0.15, -0.1) is 0 Å². The van der Waals surface area contributed by atoms with Crippen molar-refractivity contribution in [2.45, 2.75) is 0 Å². The first kappa shape index (κ1) is 12.6. The number of aryl methyl sites for hydroxylation is 1. The van der Waals surface area contributed by atoms with E-state index in [0.29, 0.717) is 22.1 Å². The Labute approximate surface area is 125 Å². The third-order valence-corrected chi connectivity index (χ3v) is 3.92. The van der Waals surface area contributed by atoms with Crippen LogP contribution >= 0.6 is 0 Å². The van der Waals surface area contributed by atoms with Crippen molar-refractivity contribution in [1.82, 2.24) is 9.30 Å². The number of nitrogens with zero attached hydrogens (tertiary/aromatic N) is 3. The number of benzene rings is 2. The SMILES string of the molecule is Cn1cc2c(c1-c1ccccc1)[n+](=O)c1ccccc1n2[O-]. The van der Waals surface area contributed by atoms with Crippen LogP contribution in [0.1, 0.15) is 0 Å². The summed E-state index contributed by atoms with van der Waals surface area (Å²) in [5, 5.41) is 12.6. The maximum Gasteiger partial charge on any atom is 0.312 e. The van der Waals surface area contributed by atoms with E-state index >= 15 is 0 Å². The standard InChI is InChI=1S/C17H13N3O2/c1-18-11-15-17(16(18)12-7-3-2-4-8-12)20(22)14-10-6-5-9-13(14)19(15)21/h2-11H,1H3. The van der Waals surface area contributed by atoms with Crippen LogP contribution in [0.4, 0.5) is 0 Å². The van der Waals surface area contributed by atoms with E-state index in [1.165, 1.54) is 0 Å². The predicted molar refractivity (Wildman–Crippen MR) is 86.0 cm³/mol. The summed E-state index contributed by atoms with van der Waals surface area (Å²) in [5.74, 6) is 0. The fraction of sp³-hybridized carbons (Fsp3) is 0.0588. The fourth-order valence-electron chi connectivity index (χ4n) is 2.94. The molecule has 0 unspecified atom stereocenters. The Morgan fingerprint density at radius 2 is 1.64 bits per heavy atom. The van der Waals surface area contributed by atoms with Gasteiger partial charge in [0.05, 0.1) is 4.43 Å². The van der Waals surface area contributed by atoms with Gasteiger partial charge >= 0.3 is 5.52 Å². The lowest BCUT2D eigenvalue weighted by Gasteiger charge is -2.11. The molecule has 0 aliphatic rings. The van der Waals surface area contributed by atoms with Crippen LogP contribution in [0.3, 0.4) is 0 Å². The molecule has 0 fully saturated rings. The molecule has 0 N–H and O–H groups in total. The van der Waals surface area contributed by atoms with E-state index in [0.717, 1.165) is 20.4 Å². The van der Waals surface area contributed by atoms with Gasteiger partial charge in [-0.1, -0.05) is 42.5 Å². The number of hydrogen-bond donors (Lipinski definition) is 0. The van der Waals surface area contributed by atoms with E-state index in [-0.39, 0.29) is 0 Å². The van der Waals surface area contributed by atoms with Crippen molar-refractivity contribution in [3.8, 4) is 11.3 Å². The maximum atomic E-state index is 12.8. The molecule has 108 valence electrons. The van der Waals surface area contributed by atoms with Crippen LogP contribution in [0.15, 0.2) is 60.8 Å². The molecule has 0 atom stereocenters. The molecule has 4 rings (SSSR count). The second-order valence-corrected chi connectivity index (χ2v) is 5.27. The van der Waals surface area contributed by atoms with Crippen LogP contribution in [0.25, 0.3) is 33.3 Å². The molecule has 0 aliphatic heterocycles. The summed E-state index contributed by atoms with van der Waals surface area (Å²) < 4.78 is 3.49. The third-order valence-electron chi connectivity index (χ3n) is 3.92. The van der Waals surface area contributed by atoms with E-state index in [1.54, 1.807) is 30.5 Å². The monoisotopic (exact) mass is 291 g/mol. The smallest absolute Gasteiger partial charge is 0.312 e. The fourth-order valence-corrected chi connectivity index (χ4v) is 2.94. The van der Waals surface area contributed by atoms with Gasteiger partial charge in [0, 0.05) is 29.8 Å². The molecular formula is C17H13N3O2. The Morgan fingerprint density at radius 3 is 2.41 bits per heavy atom. The summed E-state index contributed by atoms with van der Waals surface area (Å²) in [7, 11) is 1.84. The van der Waals surface area contributed by atoms with Gasteiger partial charge in [-0.05, 0) is 6.07 Å². The van der Waals surface area contributed by atoms with Gasteiger partial charge in [-0.2, -0.15) is 0 Å². The Balaban J connectivity index is 2.25. The topological polar surface area (TPSA) is 55.9 Å². The molecule has 5 nitrogen and oxygen atoms in total. The highest BCUT2D eigenvalue weighted by Gasteiger charge is 2.23. The van der Waals surface area contributed by atoms with Crippen molar-refractivity contribution in [2.24, 2.45) is 7.05 Å². The number of rotatable bonds is 1. The van der Waals surface area contributed by atoms with Crippen LogP contribution in [0.5, 0.6) is 0 Å². The van der Waals surface area contributed by atoms with Gasteiger partial charge < -0.3 is 14.5 Å². The summed E-state index contributed by atoms with van der Waals surface area (Å²) in [5.41, 5.74) is 3.14. The van der Waals surface area contributed by atoms with Crippen molar-refractivity contribution in [2.75, 3.05) is 0 Å². The third kappa shape index (κ3) is 1.59. The summed E-state index contributed by atoms with van der Waals surface area (Å²) in [6.45, 7) is 0. The molecule has 0 saturated heterocycles. The molecule has 2 aromatic carbocycles. The summed E-state index contributed by atoms with van der Waals surface area (Å²) in [4.78, 5) is 12.8. The summed E-state index contributed by atoms with van der Waals surface area (Å²) in [6.07, 6.45) is 1.70. The molecule has 22 heavy (non-hydrogen) atoms. The minimum atomic E-state index is 0.369. The molecule has 0 aliphatic carbocycles. The Kier molecular flexibility index (Phi) is 2.56. The van der Waals surface area contributed by atoms with Gasteiger partial charge in [0.15, 0.2) is 0 Å². The lowest BCUT2D eigenvalue weighted by molar-refractivity contribution is -0.432. The lowest BCUT2D eigenvalue weighted by atomic mass is 10.1. The molecular weight excluding hydrogens is 278 g/mol. The number of aromatic nitrogens is 3. The molecule has 0 amide bonds. The molecule has 2 heterocycles.